The number of amides is 2. The van der Waals surface area contributed by atoms with Crippen LogP contribution in [0.15, 0.2) is 18.2 Å². The number of ether oxygens (including phenoxy) is 3. The van der Waals surface area contributed by atoms with Gasteiger partial charge in [0.2, 0.25) is 5.91 Å². The van der Waals surface area contributed by atoms with Crippen LogP contribution < -0.4 is 20.1 Å². The van der Waals surface area contributed by atoms with E-state index in [0.717, 1.165) is 5.56 Å². The summed E-state index contributed by atoms with van der Waals surface area (Å²) in [6.45, 7) is 4.99. The van der Waals surface area contributed by atoms with Crippen molar-refractivity contribution in [3.05, 3.63) is 23.8 Å². The highest BCUT2D eigenvalue weighted by molar-refractivity contribution is 5.86. The molecule has 0 aliphatic rings. The Bertz CT molecular complexity index is 589. The van der Waals surface area contributed by atoms with Crippen molar-refractivity contribution in [1.82, 2.24) is 10.6 Å². The standard InChI is InChI=1S/C17H26N2O6/c1-10(2)25-17(22)19-15(11(3)20)16(21)18-9-12-6-7-13(23-4)14(8-12)24-5/h6-8,10-11,15,20H,9H2,1-5H3,(H,18,21)(H,19,22)/t11-,15+/m1/s1. The van der Waals surface area contributed by atoms with Gasteiger partial charge < -0.3 is 30.0 Å². The Balaban J connectivity index is 2.70. The largest absolute Gasteiger partial charge is 0.493 e. The first-order valence-electron chi connectivity index (χ1n) is 7.92. The molecule has 0 saturated heterocycles. The highest BCUT2D eigenvalue weighted by Crippen LogP contribution is 2.27. The fraction of sp³-hybridized carbons (Fsp3) is 0.529. The number of nitrogens with one attached hydrogen (secondary N) is 2. The van der Waals surface area contributed by atoms with E-state index in [-0.39, 0.29) is 12.6 Å². The van der Waals surface area contributed by atoms with E-state index in [1.807, 2.05) is 0 Å². The third-order valence-electron chi connectivity index (χ3n) is 3.30. The van der Waals surface area contributed by atoms with Gasteiger partial charge >= 0.3 is 6.09 Å². The van der Waals surface area contributed by atoms with Gasteiger partial charge in [-0.3, -0.25) is 4.79 Å². The number of carbonyl (C=O) groups is 2. The van der Waals surface area contributed by atoms with Crippen LogP contribution >= 0.6 is 0 Å². The molecule has 1 rings (SSSR count). The van der Waals surface area contributed by atoms with E-state index in [1.165, 1.54) is 21.1 Å². The topological polar surface area (TPSA) is 106 Å². The zero-order valence-corrected chi connectivity index (χ0v) is 15.2. The van der Waals surface area contributed by atoms with E-state index in [2.05, 4.69) is 10.6 Å². The third-order valence-corrected chi connectivity index (χ3v) is 3.30. The monoisotopic (exact) mass is 354 g/mol. The summed E-state index contributed by atoms with van der Waals surface area (Å²) in [7, 11) is 3.06. The minimum atomic E-state index is -1.12. The molecule has 0 saturated carbocycles. The number of aliphatic hydroxyl groups excluding tert-OH is 1. The van der Waals surface area contributed by atoms with Gasteiger partial charge in [-0.25, -0.2) is 4.79 Å². The molecule has 2 atom stereocenters. The number of hydrogen-bond donors (Lipinski definition) is 3. The third kappa shape index (κ3) is 6.50. The summed E-state index contributed by atoms with van der Waals surface area (Å²) in [6.07, 6.45) is -2.17. The fourth-order valence-electron chi connectivity index (χ4n) is 2.07. The van der Waals surface area contributed by atoms with Gasteiger partial charge in [0.1, 0.15) is 6.04 Å². The van der Waals surface area contributed by atoms with Crippen molar-refractivity contribution in [2.45, 2.75) is 45.6 Å². The lowest BCUT2D eigenvalue weighted by atomic mass is 10.1. The van der Waals surface area contributed by atoms with Crippen molar-refractivity contribution in [3.8, 4) is 11.5 Å². The molecule has 0 spiro atoms. The smallest absolute Gasteiger partial charge is 0.408 e. The van der Waals surface area contributed by atoms with E-state index in [0.29, 0.717) is 11.5 Å². The fourth-order valence-corrected chi connectivity index (χ4v) is 2.07. The molecule has 8 nitrogen and oxygen atoms in total. The van der Waals surface area contributed by atoms with E-state index in [9.17, 15) is 14.7 Å². The molecule has 0 aromatic heterocycles. The molecule has 0 heterocycles. The average Bonchev–Trinajstić information content (AvgIpc) is 2.56. The van der Waals surface area contributed by atoms with Crippen LogP contribution in [0.5, 0.6) is 11.5 Å². The summed E-state index contributed by atoms with van der Waals surface area (Å²) >= 11 is 0. The molecule has 1 aromatic rings. The minimum Gasteiger partial charge on any atom is -0.493 e. The molecule has 0 fully saturated rings. The van der Waals surface area contributed by atoms with Gasteiger partial charge in [-0.1, -0.05) is 6.07 Å². The Labute approximate surface area is 147 Å². The van der Waals surface area contributed by atoms with Crippen molar-refractivity contribution >= 4 is 12.0 Å². The summed E-state index contributed by atoms with van der Waals surface area (Å²) in [5, 5.41) is 14.8. The lowest BCUT2D eigenvalue weighted by Crippen LogP contribution is -2.52. The quantitative estimate of drug-likeness (QED) is 0.648. The Hall–Kier alpha value is -2.48. The molecule has 8 heteroatoms. The summed E-state index contributed by atoms with van der Waals surface area (Å²) < 4.78 is 15.3. The second-order valence-electron chi connectivity index (χ2n) is 5.72. The van der Waals surface area contributed by atoms with Gasteiger partial charge in [-0.05, 0) is 38.5 Å². The molecule has 0 radical (unpaired) electrons. The van der Waals surface area contributed by atoms with Crippen molar-refractivity contribution in [1.29, 1.82) is 0 Å². The Kier molecular flexibility index (Phi) is 8.00. The molecule has 0 bridgehead atoms. The van der Waals surface area contributed by atoms with Crippen molar-refractivity contribution in [3.63, 3.8) is 0 Å². The highest BCUT2D eigenvalue weighted by atomic mass is 16.6. The SMILES string of the molecule is COc1ccc(CNC(=O)[C@@H](NC(=O)OC(C)C)[C@@H](C)O)cc1OC. The lowest BCUT2D eigenvalue weighted by Gasteiger charge is -2.21. The van der Waals surface area contributed by atoms with Crippen molar-refractivity contribution in [2.75, 3.05) is 14.2 Å². The van der Waals surface area contributed by atoms with Crippen molar-refractivity contribution < 1.29 is 28.9 Å². The molecule has 0 aliphatic carbocycles. The Morgan fingerprint density at radius 3 is 2.28 bits per heavy atom. The summed E-state index contributed by atoms with van der Waals surface area (Å²) in [4.78, 5) is 23.9. The molecule has 3 N–H and O–H groups in total. The molecule has 2 amide bonds. The molecule has 25 heavy (non-hydrogen) atoms. The summed E-state index contributed by atoms with van der Waals surface area (Å²) in [6, 6.07) is 4.12. The first-order valence-corrected chi connectivity index (χ1v) is 7.92. The average molecular weight is 354 g/mol. The summed E-state index contributed by atoms with van der Waals surface area (Å²) in [5.41, 5.74) is 0.778. The van der Waals surface area contributed by atoms with Gasteiger partial charge in [0.05, 0.1) is 26.4 Å². The van der Waals surface area contributed by atoms with Crippen LogP contribution in [0.4, 0.5) is 4.79 Å². The molecular weight excluding hydrogens is 328 g/mol. The first-order chi connectivity index (χ1) is 11.8. The van der Waals surface area contributed by atoms with Crippen molar-refractivity contribution in [2.24, 2.45) is 0 Å². The van der Waals surface area contributed by atoms with E-state index < -0.39 is 24.1 Å². The Morgan fingerprint density at radius 2 is 1.76 bits per heavy atom. The molecular formula is C17H26N2O6. The number of rotatable bonds is 8. The van der Waals surface area contributed by atoms with Crippen LogP contribution in [-0.2, 0) is 16.1 Å². The maximum atomic E-state index is 12.3. The number of hydrogen-bond acceptors (Lipinski definition) is 6. The Morgan fingerprint density at radius 1 is 1.12 bits per heavy atom. The van der Waals surface area contributed by atoms with Crippen LogP contribution in [0.2, 0.25) is 0 Å². The van der Waals surface area contributed by atoms with Crippen LogP contribution in [0.25, 0.3) is 0 Å². The highest BCUT2D eigenvalue weighted by Gasteiger charge is 2.26. The van der Waals surface area contributed by atoms with Crippen LogP contribution in [0.1, 0.15) is 26.3 Å². The number of benzene rings is 1. The molecule has 0 unspecified atom stereocenters. The maximum absolute atomic E-state index is 12.3. The first kappa shape index (κ1) is 20.6. The summed E-state index contributed by atoms with van der Waals surface area (Å²) in [5.74, 6) is 0.600. The van der Waals surface area contributed by atoms with E-state index in [4.69, 9.17) is 14.2 Å². The van der Waals surface area contributed by atoms with E-state index >= 15 is 0 Å². The normalized spacial score (nSPS) is 12.9. The second-order valence-corrected chi connectivity index (χ2v) is 5.72. The predicted octanol–water partition coefficient (Wildman–Crippen LogP) is 1.20. The van der Waals surface area contributed by atoms with Gasteiger partial charge in [0, 0.05) is 6.54 Å². The van der Waals surface area contributed by atoms with Crippen LogP contribution in [-0.4, -0.2) is 49.6 Å². The number of alkyl carbamates (subject to hydrolysis) is 1. The van der Waals surface area contributed by atoms with Crippen LogP contribution in [0.3, 0.4) is 0 Å². The van der Waals surface area contributed by atoms with Gasteiger partial charge in [-0.15, -0.1) is 0 Å². The predicted molar refractivity (Wildman–Crippen MR) is 91.6 cm³/mol. The minimum absolute atomic E-state index is 0.198. The second kappa shape index (κ2) is 9.73. The van der Waals surface area contributed by atoms with Gasteiger partial charge in [0.25, 0.3) is 0 Å². The zero-order chi connectivity index (χ0) is 19.0. The molecule has 1 aromatic carbocycles. The van der Waals surface area contributed by atoms with Gasteiger partial charge in [-0.2, -0.15) is 0 Å². The van der Waals surface area contributed by atoms with Crippen LogP contribution in [0, 0.1) is 0 Å². The molecule has 140 valence electrons. The lowest BCUT2D eigenvalue weighted by molar-refractivity contribution is -0.125. The number of methoxy groups -OCH3 is 2. The van der Waals surface area contributed by atoms with E-state index in [1.54, 1.807) is 32.0 Å². The van der Waals surface area contributed by atoms with Gasteiger partial charge in [0.15, 0.2) is 11.5 Å². The number of carbonyl (C=O) groups excluding carboxylic acids is 2. The number of aliphatic hydroxyl groups is 1. The zero-order valence-electron chi connectivity index (χ0n) is 15.2. The molecule has 0 aliphatic heterocycles. The maximum Gasteiger partial charge on any atom is 0.408 e.